The number of aromatic nitrogens is 1. The van der Waals surface area contributed by atoms with E-state index in [1.165, 1.54) is 4.90 Å². The van der Waals surface area contributed by atoms with Crippen LogP contribution in [0.1, 0.15) is 16.9 Å². The summed E-state index contributed by atoms with van der Waals surface area (Å²) in [5.74, 6) is 0.650. The number of hydrogen-bond acceptors (Lipinski definition) is 4. The van der Waals surface area contributed by atoms with Crippen molar-refractivity contribution in [1.82, 2.24) is 9.88 Å². The lowest BCUT2D eigenvalue weighted by atomic mass is 10.2. The normalized spacial score (nSPS) is 20.2. The van der Waals surface area contributed by atoms with Gasteiger partial charge in [0, 0.05) is 18.5 Å². The number of methoxy groups -OCH3 is 1. The van der Waals surface area contributed by atoms with Crippen LogP contribution in [0.25, 0.3) is 10.9 Å². The molecule has 0 bridgehead atoms. The minimum Gasteiger partial charge on any atom is -0.495 e. The number of ether oxygens (including phenoxy) is 1. The molecule has 1 aromatic carbocycles. The van der Waals surface area contributed by atoms with Gasteiger partial charge in [0.15, 0.2) is 9.84 Å². The second-order valence-corrected chi connectivity index (χ2v) is 7.81. The molecule has 6 nitrogen and oxygen atoms in total. The molecule has 1 atom stereocenters. The lowest BCUT2D eigenvalue weighted by Gasteiger charge is -2.22. The van der Waals surface area contributed by atoms with Gasteiger partial charge in [0.2, 0.25) is 0 Å². The predicted octanol–water partition coefficient (Wildman–Crippen LogP) is 1.44. The number of carbonyl (C=O) groups is 1. The third-order valence-electron chi connectivity index (χ3n) is 4.14. The zero-order valence-electron chi connectivity index (χ0n) is 12.5. The summed E-state index contributed by atoms with van der Waals surface area (Å²) in [6, 6.07) is 7.08. The smallest absolute Gasteiger partial charge is 0.270 e. The van der Waals surface area contributed by atoms with Crippen molar-refractivity contribution in [2.24, 2.45) is 0 Å². The molecule has 1 unspecified atom stereocenters. The zero-order chi connectivity index (χ0) is 15.9. The molecule has 1 N–H and O–H groups in total. The maximum atomic E-state index is 12.6. The highest BCUT2D eigenvalue weighted by atomic mass is 32.2. The maximum Gasteiger partial charge on any atom is 0.270 e. The van der Waals surface area contributed by atoms with Crippen molar-refractivity contribution in [2.75, 3.05) is 25.7 Å². The molecule has 2 heterocycles. The van der Waals surface area contributed by atoms with Crippen LogP contribution in [0, 0.1) is 0 Å². The Hall–Kier alpha value is -2.02. The Balaban J connectivity index is 1.89. The number of amides is 1. The van der Waals surface area contributed by atoms with Gasteiger partial charge in [0.25, 0.3) is 5.91 Å². The third-order valence-corrected chi connectivity index (χ3v) is 5.90. The molecule has 3 rings (SSSR count). The number of hydrogen-bond donors (Lipinski definition) is 1. The Kier molecular flexibility index (Phi) is 3.60. The van der Waals surface area contributed by atoms with E-state index in [1.54, 1.807) is 20.2 Å². The fourth-order valence-electron chi connectivity index (χ4n) is 2.85. The molecule has 1 amide bonds. The number of carbonyl (C=O) groups excluding carboxylic acids is 1. The van der Waals surface area contributed by atoms with Gasteiger partial charge in [-0.15, -0.1) is 0 Å². The van der Waals surface area contributed by atoms with Crippen LogP contribution in [0.3, 0.4) is 0 Å². The molecule has 0 spiro atoms. The predicted molar refractivity (Wildman–Crippen MR) is 84.0 cm³/mol. The highest BCUT2D eigenvalue weighted by molar-refractivity contribution is 7.91. The highest BCUT2D eigenvalue weighted by Crippen LogP contribution is 2.26. The summed E-state index contributed by atoms with van der Waals surface area (Å²) in [5.41, 5.74) is 1.20. The van der Waals surface area contributed by atoms with Crippen LogP contribution in [0.2, 0.25) is 0 Å². The van der Waals surface area contributed by atoms with Gasteiger partial charge in [-0.25, -0.2) is 8.42 Å². The third kappa shape index (κ3) is 2.56. The summed E-state index contributed by atoms with van der Waals surface area (Å²) >= 11 is 0. The first-order chi connectivity index (χ1) is 10.4. The van der Waals surface area contributed by atoms with Crippen LogP contribution in [0.4, 0.5) is 0 Å². The minimum atomic E-state index is -3.02. The van der Waals surface area contributed by atoms with E-state index < -0.39 is 9.84 Å². The molecule has 1 fully saturated rings. The summed E-state index contributed by atoms with van der Waals surface area (Å²) < 4.78 is 28.4. The van der Waals surface area contributed by atoms with Crippen molar-refractivity contribution < 1.29 is 17.9 Å². The molecule has 1 aliphatic rings. The topological polar surface area (TPSA) is 79.5 Å². The Labute approximate surface area is 129 Å². The van der Waals surface area contributed by atoms with Gasteiger partial charge in [-0.2, -0.15) is 0 Å². The van der Waals surface area contributed by atoms with Crippen LogP contribution in [0.15, 0.2) is 24.3 Å². The second kappa shape index (κ2) is 5.31. The van der Waals surface area contributed by atoms with Crippen molar-refractivity contribution in [2.45, 2.75) is 12.5 Å². The highest BCUT2D eigenvalue weighted by Gasteiger charge is 2.33. The lowest BCUT2D eigenvalue weighted by Crippen LogP contribution is -2.37. The first kappa shape index (κ1) is 14.9. The molecule has 0 saturated carbocycles. The van der Waals surface area contributed by atoms with E-state index in [1.807, 2.05) is 18.2 Å². The van der Waals surface area contributed by atoms with Crippen LogP contribution in [-0.4, -0.2) is 55.9 Å². The van der Waals surface area contributed by atoms with Gasteiger partial charge in [-0.05, 0) is 18.6 Å². The zero-order valence-corrected chi connectivity index (χ0v) is 13.3. The molecule has 0 aliphatic carbocycles. The van der Waals surface area contributed by atoms with Crippen molar-refractivity contribution in [3.05, 3.63) is 30.0 Å². The van der Waals surface area contributed by atoms with E-state index in [-0.39, 0.29) is 23.5 Å². The molecule has 1 aliphatic heterocycles. The fraction of sp³-hybridized carbons (Fsp3) is 0.400. The van der Waals surface area contributed by atoms with Crippen molar-refractivity contribution in [3.8, 4) is 5.75 Å². The second-order valence-electron chi connectivity index (χ2n) is 5.58. The van der Waals surface area contributed by atoms with E-state index in [2.05, 4.69) is 4.98 Å². The summed E-state index contributed by atoms with van der Waals surface area (Å²) in [5, 5.41) is 0.884. The molecule has 118 valence electrons. The summed E-state index contributed by atoms with van der Waals surface area (Å²) in [6.07, 6.45) is 0.494. The molecule has 22 heavy (non-hydrogen) atoms. The van der Waals surface area contributed by atoms with Gasteiger partial charge < -0.3 is 14.6 Å². The molecular formula is C15H18N2O4S. The monoisotopic (exact) mass is 322 g/mol. The first-order valence-electron chi connectivity index (χ1n) is 7.04. The maximum absolute atomic E-state index is 12.6. The van der Waals surface area contributed by atoms with Crippen molar-refractivity contribution >= 4 is 26.6 Å². The summed E-state index contributed by atoms with van der Waals surface area (Å²) in [4.78, 5) is 17.2. The molecule has 1 aromatic heterocycles. The molecule has 1 saturated heterocycles. The Morgan fingerprint density at radius 1 is 1.41 bits per heavy atom. The number of nitrogens with one attached hydrogen (secondary N) is 1. The number of benzene rings is 1. The lowest BCUT2D eigenvalue weighted by molar-refractivity contribution is 0.0743. The number of aromatic amines is 1. The standard InChI is InChI=1S/C15H18N2O4S/c1-17(11-6-7-22(19,20)9-11)15(18)12-8-10-4-3-5-13(21-2)14(10)16-12/h3-5,8,11,16H,6-7,9H2,1-2H3. The molecular weight excluding hydrogens is 304 g/mol. The van der Waals surface area contributed by atoms with Crippen molar-refractivity contribution in [1.29, 1.82) is 0 Å². The Morgan fingerprint density at radius 3 is 2.82 bits per heavy atom. The van der Waals surface area contributed by atoms with Crippen LogP contribution in [0.5, 0.6) is 5.75 Å². The Bertz CT molecular complexity index is 825. The van der Waals surface area contributed by atoms with Crippen LogP contribution in [-0.2, 0) is 9.84 Å². The minimum absolute atomic E-state index is 0.0405. The van der Waals surface area contributed by atoms with Gasteiger partial charge >= 0.3 is 0 Å². The van der Waals surface area contributed by atoms with E-state index in [0.717, 1.165) is 10.9 Å². The average Bonchev–Trinajstić information content (AvgIpc) is 3.08. The molecule has 0 radical (unpaired) electrons. The quantitative estimate of drug-likeness (QED) is 0.927. The van der Waals surface area contributed by atoms with Gasteiger partial charge in [-0.3, -0.25) is 4.79 Å². The van der Waals surface area contributed by atoms with E-state index >= 15 is 0 Å². The number of sulfone groups is 1. The van der Waals surface area contributed by atoms with E-state index in [4.69, 9.17) is 4.74 Å². The molecule has 7 heteroatoms. The number of H-pyrrole nitrogens is 1. The largest absolute Gasteiger partial charge is 0.495 e. The van der Waals surface area contributed by atoms with Gasteiger partial charge in [0.05, 0.1) is 24.1 Å². The molecule has 2 aromatic rings. The SMILES string of the molecule is COc1cccc2cc(C(=O)N(C)C3CCS(=O)(=O)C3)[nH]c12. The summed E-state index contributed by atoms with van der Waals surface area (Å²) in [6.45, 7) is 0. The first-order valence-corrected chi connectivity index (χ1v) is 8.87. The Morgan fingerprint density at radius 2 is 2.18 bits per heavy atom. The van der Waals surface area contributed by atoms with Crippen LogP contribution < -0.4 is 4.74 Å². The van der Waals surface area contributed by atoms with Crippen molar-refractivity contribution in [3.63, 3.8) is 0 Å². The number of para-hydroxylation sites is 1. The van der Waals surface area contributed by atoms with Gasteiger partial charge in [0.1, 0.15) is 11.4 Å². The summed E-state index contributed by atoms with van der Waals surface area (Å²) in [7, 11) is 0.210. The van der Waals surface area contributed by atoms with Gasteiger partial charge in [-0.1, -0.05) is 12.1 Å². The average molecular weight is 322 g/mol. The number of rotatable bonds is 3. The fourth-order valence-corrected chi connectivity index (χ4v) is 4.62. The van der Waals surface area contributed by atoms with E-state index in [9.17, 15) is 13.2 Å². The number of fused-ring (bicyclic) bond motifs is 1. The number of nitrogens with zero attached hydrogens (tertiary/aromatic N) is 1. The van der Waals surface area contributed by atoms with Crippen LogP contribution >= 0.6 is 0 Å². The van der Waals surface area contributed by atoms with E-state index in [0.29, 0.717) is 17.9 Å².